The van der Waals surface area contributed by atoms with E-state index in [1.807, 2.05) is 6.92 Å². The lowest BCUT2D eigenvalue weighted by Gasteiger charge is -2.10. The molecule has 1 amide bonds. The van der Waals surface area contributed by atoms with E-state index in [0.29, 0.717) is 12.8 Å². The van der Waals surface area contributed by atoms with E-state index in [0.717, 1.165) is 0 Å². The lowest BCUT2D eigenvalue weighted by Crippen LogP contribution is -2.33. The second kappa shape index (κ2) is 6.80. The number of aliphatic carboxylic acids is 2. The van der Waals surface area contributed by atoms with Crippen molar-refractivity contribution in [2.75, 3.05) is 6.54 Å². The highest BCUT2D eigenvalue weighted by Crippen LogP contribution is 2.02. The quantitative estimate of drug-likeness (QED) is 0.560. The minimum Gasteiger partial charge on any atom is -0.481 e. The number of hydrogen-bond donors (Lipinski definition) is 3. The van der Waals surface area contributed by atoms with Gasteiger partial charge in [0, 0.05) is 13.0 Å². The third kappa shape index (κ3) is 6.48. The first-order valence-corrected chi connectivity index (χ1v) is 4.68. The number of carboxylic acid groups (broad SMARTS) is 2. The molecule has 1 unspecified atom stereocenters. The Morgan fingerprint density at radius 2 is 1.87 bits per heavy atom. The van der Waals surface area contributed by atoms with Crippen LogP contribution in [0.5, 0.6) is 0 Å². The molecular formula is C9H15NO5. The summed E-state index contributed by atoms with van der Waals surface area (Å²) in [5.74, 6) is -3.72. The van der Waals surface area contributed by atoms with Crippen LogP contribution in [0.1, 0.15) is 26.2 Å². The van der Waals surface area contributed by atoms with Crippen molar-refractivity contribution in [3.05, 3.63) is 0 Å². The second-order valence-electron chi connectivity index (χ2n) is 3.19. The van der Waals surface area contributed by atoms with Crippen LogP contribution in [-0.2, 0) is 14.4 Å². The minimum atomic E-state index is -1.21. The summed E-state index contributed by atoms with van der Waals surface area (Å²) < 4.78 is 0. The van der Waals surface area contributed by atoms with Crippen molar-refractivity contribution >= 4 is 17.8 Å². The van der Waals surface area contributed by atoms with E-state index in [-0.39, 0.29) is 12.5 Å². The van der Waals surface area contributed by atoms with Crippen LogP contribution >= 0.6 is 0 Å². The number of rotatable bonds is 7. The molecule has 0 aliphatic rings. The molecule has 0 spiro atoms. The van der Waals surface area contributed by atoms with Crippen LogP contribution in [0.25, 0.3) is 0 Å². The normalized spacial score (nSPS) is 11.8. The molecule has 1 atom stereocenters. The van der Waals surface area contributed by atoms with Crippen LogP contribution in [0.15, 0.2) is 0 Å². The molecule has 0 aliphatic carbocycles. The van der Waals surface area contributed by atoms with Gasteiger partial charge in [-0.2, -0.15) is 0 Å². The largest absolute Gasteiger partial charge is 0.481 e. The fraction of sp³-hybridized carbons (Fsp3) is 0.667. The molecule has 6 nitrogen and oxygen atoms in total. The zero-order valence-electron chi connectivity index (χ0n) is 8.52. The van der Waals surface area contributed by atoms with E-state index in [4.69, 9.17) is 10.2 Å². The van der Waals surface area contributed by atoms with Gasteiger partial charge in [-0.15, -0.1) is 0 Å². The number of amides is 1. The second-order valence-corrected chi connectivity index (χ2v) is 3.19. The summed E-state index contributed by atoms with van der Waals surface area (Å²) in [7, 11) is 0. The molecule has 15 heavy (non-hydrogen) atoms. The predicted octanol–water partition coefficient (Wildman–Crippen LogP) is 0.0782. The molecule has 0 aromatic carbocycles. The molecule has 0 heterocycles. The maximum Gasteiger partial charge on any atom is 0.308 e. The van der Waals surface area contributed by atoms with Crippen molar-refractivity contribution in [3.63, 3.8) is 0 Å². The Labute approximate surface area is 87.3 Å². The first-order valence-electron chi connectivity index (χ1n) is 4.68. The Morgan fingerprint density at radius 3 is 2.27 bits per heavy atom. The highest BCUT2D eigenvalue weighted by Gasteiger charge is 2.21. The number of carboxylic acids is 2. The van der Waals surface area contributed by atoms with Gasteiger partial charge in [-0.25, -0.2) is 0 Å². The fourth-order valence-corrected chi connectivity index (χ4v) is 1.01. The van der Waals surface area contributed by atoms with Crippen molar-refractivity contribution in [1.29, 1.82) is 0 Å². The number of carbonyl (C=O) groups is 3. The van der Waals surface area contributed by atoms with E-state index in [9.17, 15) is 14.4 Å². The molecule has 0 aromatic heterocycles. The fourth-order valence-electron chi connectivity index (χ4n) is 1.01. The van der Waals surface area contributed by atoms with Crippen molar-refractivity contribution in [3.8, 4) is 0 Å². The molecular weight excluding hydrogens is 202 g/mol. The summed E-state index contributed by atoms with van der Waals surface area (Å²) in [5.41, 5.74) is 0. The average Bonchev–Trinajstić information content (AvgIpc) is 2.11. The SMILES string of the molecule is CCCC(=O)NCC(CC(=O)O)C(=O)O. The molecule has 86 valence electrons. The van der Waals surface area contributed by atoms with Gasteiger partial charge >= 0.3 is 11.9 Å². The topological polar surface area (TPSA) is 104 Å². The van der Waals surface area contributed by atoms with Crippen molar-refractivity contribution in [2.24, 2.45) is 5.92 Å². The Bertz CT molecular complexity index is 251. The Morgan fingerprint density at radius 1 is 1.27 bits per heavy atom. The molecule has 6 heteroatoms. The summed E-state index contributed by atoms with van der Waals surface area (Å²) in [4.78, 5) is 31.9. The van der Waals surface area contributed by atoms with Crippen LogP contribution < -0.4 is 5.32 Å². The van der Waals surface area contributed by atoms with Crippen LogP contribution in [0.2, 0.25) is 0 Å². The lowest BCUT2D eigenvalue weighted by molar-refractivity contribution is -0.148. The van der Waals surface area contributed by atoms with Gasteiger partial charge in [-0.1, -0.05) is 6.92 Å². The Hall–Kier alpha value is -1.59. The molecule has 0 aliphatic heterocycles. The van der Waals surface area contributed by atoms with Crippen LogP contribution in [-0.4, -0.2) is 34.6 Å². The molecule has 3 N–H and O–H groups in total. The summed E-state index contributed by atoms with van der Waals surface area (Å²) in [6.07, 6.45) is 0.504. The molecule has 0 rings (SSSR count). The van der Waals surface area contributed by atoms with Gasteiger partial charge in [0.1, 0.15) is 0 Å². The number of hydrogen-bond acceptors (Lipinski definition) is 3. The van der Waals surface area contributed by atoms with Gasteiger partial charge in [0.25, 0.3) is 0 Å². The van der Waals surface area contributed by atoms with Crippen LogP contribution in [0, 0.1) is 5.92 Å². The van der Waals surface area contributed by atoms with E-state index < -0.39 is 24.3 Å². The van der Waals surface area contributed by atoms with Crippen molar-refractivity contribution in [2.45, 2.75) is 26.2 Å². The zero-order chi connectivity index (χ0) is 11.8. The first-order chi connectivity index (χ1) is 6.97. The maximum atomic E-state index is 11.0. The molecule has 0 radical (unpaired) electrons. The first kappa shape index (κ1) is 13.4. The summed E-state index contributed by atoms with van der Waals surface area (Å²) >= 11 is 0. The lowest BCUT2D eigenvalue weighted by atomic mass is 10.1. The maximum absolute atomic E-state index is 11.0. The third-order valence-electron chi connectivity index (χ3n) is 1.79. The summed E-state index contributed by atoms with van der Waals surface area (Å²) in [6, 6.07) is 0. The standard InChI is InChI=1S/C9H15NO5/c1-2-3-7(11)10-5-6(9(14)15)4-8(12)13/h6H,2-5H2,1H3,(H,10,11)(H,12,13)(H,14,15). The van der Waals surface area contributed by atoms with Gasteiger partial charge in [0.05, 0.1) is 12.3 Å². The van der Waals surface area contributed by atoms with Gasteiger partial charge in [0.2, 0.25) is 5.91 Å². The molecule has 0 saturated carbocycles. The Kier molecular flexibility index (Phi) is 6.08. The smallest absolute Gasteiger partial charge is 0.308 e. The highest BCUT2D eigenvalue weighted by molar-refractivity contribution is 5.80. The van der Waals surface area contributed by atoms with Gasteiger partial charge in [0.15, 0.2) is 0 Å². The average molecular weight is 217 g/mol. The van der Waals surface area contributed by atoms with Crippen LogP contribution in [0.4, 0.5) is 0 Å². The summed E-state index contributed by atoms with van der Waals surface area (Å²) in [6.45, 7) is 1.69. The minimum absolute atomic E-state index is 0.138. The van der Waals surface area contributed by atoms with E-state index in [1.165, 1.54) is 0 Å². The highest BCUT2D eigenvalue weighted by atomic mass is 16.4. The summed E-state index contributed by atoms with van der Waals surface area (Å²) in [5, 5.41) is 19.5. The van der Waals surface area contributed by atoms with Crippen LogP contribution in [0.3, 0.4) is 0 Å². The van der Waals surface area contributed by atoms with E-state index >= 15 is 0 Å². The number of carbonyl (C=O) groups excluding carboxylic acids is 1. The van der Waals surface area contributed by atoms with E-state index in [1.54, 1.807) is 0 Å². The van der Waals surface area contributed by atoms with Crippen molar-refractivity contribution in [1.82, 2.24) is 5.32 Å². The molecule has 0 saturated heterocycles. The third-order valence-corrected chi connectivity index (χ3v) is 1.79. The molecule has 0 fully saturated rings. The monoisotopic (exact) mass is 217 g/mol. The zero-order valence-corrected chi connectivity index (χ0v) is 8.52. The predicted molar refractivity (Wildman–Crippen MR) is 51.3 cm³/mol. The number of nitrogens with one attached hydrogen (secondary N) is 1. The van der Waals surface area contributed by atoms with Gasteiger partial charge < -0.3 is 15.5 Å². The van der Waals surface area contributed by atoms with Gasteiger partial charge in [-0.3, -0.25) is 14.4 Å². The Balaban J connectivity index is 4.01. The van der Waals surface area contributed by atoms with E-state index in [2.05, 4.69) is 5.32 Å². The molecule has 0 bridgehead atoms. The van der Waals surface area contributed by atoms with Crippen molar-refractivity contribution < 1.29 is 24.6 Å². The molecule has 0 aromatic rings. The van der Waals surface area contributed by atoms with Gasteiger partial charge in [-0.05, 0) is 6.42 Å².